The molecule has 0 unspecified atom stereocenters. The summed E-state index contributed by atoms with van der Waals surface area (Å²) in [7, 11) is 0. The molecule has 0 aliphatic heterocycles. The minimum atomic E-state index is 0. The summed E-state index contributed by atoms with van der Waals surface area (Å²) in [5.41, 5.74) is 9.12. The van der Waals surface area contributed by atoms with Gasteiger partial charge in [-0.25, -0.2) is 0 Å². The Morgan fingerprint density at radius 3 is 1.24 bits per heavy atom. The van der Waals surface area contributed by atoms with E-state index in [9.17, 15) is 0 Å². The number of fused-ring (bicyclic) bond motifs is 3. The van der Waals surface area contributed by atoms with Crippen molar-refractivity contribution in [3.8, 4) is 11.1 Å². The van der Waals surface area contributed by atoms with Crippen molar-refractivity contribution >= 4 is 0 Å². The van der Waals surface area contributed by atoms with Crippen LogP contribution in [0.5, 0.6) is 0 Å². The first-order chi connectivity index (χ1) is 10.1. The third-order valence-electron chi connectivity index (χ3n) is 5.06. The molecule has 0 saturated heterocycles. The van der Waals surface area contributed by atoms with Gasteiger partial charge in [0.25, 0.3) is 0 Å². The van der Waals surface area contributed by atoms with Crippen molar-refractivity contribution in [2.75, 3.05) is 0 Å². The Morgan fingerprint density at radius 2 is 0.960 bits per heavy atom. The Morgan fingerprint density at radius 1 is 0.640 bits per heavy atom. The zero-order chi connectivity index (χ0) is 16.3. The number of benzene rings is 2. The second-order valence-corrected chi connectivity index (χ2v) is 8.83. The largest absolute Gasteiger partial charge is 2.00 e. The van der Waals surface area contributed by atoms with Gasteiger partial charge in [0, 0.05) is 5.92 Å². The smallest absolute Gasteiger partial charge is 1.00 e. The van der Waals surface area contributed by atoms with Crippen molar-refractivity contribution in [1.29, 1.82) is 0 Å². The number of hydrogen-bond acceptors (Lipinski definition) is 0. The molecule has 0 radical (unpaired) electrons. The molecule has 1 aliphatic carbocycles. The van der Waals surface area contributed by atoms with Crippen LogP contribution in [0, 0.1) is 0 Å². The molecule has 2 aromatic carbocycles. The van der Waals surface area contributed by atoms with Crippen molar-refractivity contribution in [2.45, 2.75) is 65.2 Å². The molecule has 0 nitrogen and oxygen atoms in total. The van der Waals surface area contributed by atoms with Gasteiger partial charge in [-0.15, -0.1) is 0 Å². The van der Waals surface area contributed by atoms with Crippen LogP contribution in [0.4, 0.5) is 0 Å². The van der Waals surface area contributed by atoms with E-state index in [0.717, 1.165) is 0 Å². The van der Waals surface area contributed by atoms with Crippen LogP contribution >= 0.6 is 0 Å². The van der Waals surface area contributed by atoms with Crippen LogP contribution in [0.2, 0.25) is 0 Å². The standard InChI is InChI=1S/C22H28.2ClH.Zr/c1-14-19-12-15(21(2,3)4)8-10-17(19)18-11-9-16(13-20(14)18)22(5,6)7;;;/h8-14H,1-7H3;2*1H;/q;;;+2/p-2. The monoisotopic (exact) mass is 452 g/mol. The third-order valence-corrected chi connectivity index (χ3v) is 5.06. The topological polar surface area (TPSA) is 0 Å². The molecule has 3 rings (SSSR count). The quantitative estimate of drug-likeness (QED) is 0.542. The van der Waals surface area contributed by atoms with Gasteiger partial charge < -0.3 is 24.8 Å². The molecular formula is C22H28Cl2Zr. The maximum atomic E-state index is 2.43. The number of halogens is 2. The van der Waals surface area contributed by atoms with Crippen molar-refractivity contribution in [1.82, 2.24) is 0 Å². The second-order valence-electron chi connectivity index (χ2n) is 8.83. The Kier molecular flexibility index (Phi) is 8.25. The zero-order valence-corrected chi connectivity index (χ0v) is 20.3. The van der Waals surface area contributed by atoms with Gasteiger partial charge in [-0.2, -0.15) is 0 Å². The van der Waals surface area contributed by atoms with Crippen LogP contribution in [0.3, 0.4) is 0 Å². The first kappa shape index (κ1) is 24.9. The van der Waals surface area contributed by atoms with E-state index in [-0.39, 0.29) is 61.8 Å². The molecular weight excluding hydrogens is 426 g/mol. The molecule has 0 saturated carbocycles. The van der Waals surface area contributed by atoms with E-state index in [0.29, 0.717) is 5.92 Å². The normalized spacial score (nSPS) is 13.1. The molecule has 2 aromatic rings. The van der Waals surface area contributed by atoms with Gasteiger partial charge >= 0.3 is 26.2 Å². The van der Waals surface area contributed by atoms with Gasteiger partial charge in [-0.05, 0) is 44.2 Å². The first-order valence-corrected chi connectivity index (χ1v) is 8.38. The average Bonchev–Trinajstić information content (AvgIpc) is 2.70. The van der Waals surface area contributed by atoms with E-state index in [1.54, 1.807) is 0 Å². The van der Waals surface area contributed by atoms with Crippen LogP contribution in [-0.4, -0.2) is 0 Å². The summed E-state index contributed by atoms with van der Waals surface area (Å²) in [4.78, 5) is 0. The molecule has 0 atom stereocenters. The number of hydrogen-bond donors (Lipinski definition) is 0. The van der Waals surface area contributed by atoms with Crippen molar-refractivity contribution in [3.05, 3.63) is 58.7 Å². The summed E-state index contributed by atoms with van der Waals surface area (Å²) in [6, 6.07) is 14.1. The molecule has 3 heteroatoms. The van der Waals surface area contributed by atoms with Gasteiger partial charge in [-0.1, -0.05) is 84.9 Å². The van der Waals surface area contributed by atoms with Crippen LogP contribution in [0.1, 0.15) is 76.6 Å². The Bertz CT molecular complexity index is 673. The van der Waals surface area contributed by atoms with Gasteiger partial charge in [-0.3, -0.25) is 0 Å². The van der Waals surface area contributed by atoms with Gasteiger partial charge in [0.2, 0.25) is 0 Å². The average molecular weight is 455 g/mol. The fourth-order valence-electron chi connectivity index (χ4n) is 3.43. The summed E-state index contributed by atoms with van der Waals surface area (Å²) >= 11 is 0. The maximum Gasteiger partial charge on any atom is 2.00 e. The molecule has 0 bridgehead atoms. The van der Waals surface area contributed by atoms with Crippen LogP contribution in [0.15, 0.2) is 36.4 Å². The van der Waals surface area contributed by atoms with E-state index in [1.165, 1.54) is 33.4 Å². The molecule has 0 spiro atoms. The van der Waals surface area contributed by atoms with Crippen LogP contribution in [0.25, 0.3) is 11.1 Å². The van der Waals surface area contributed by atoms with Crippen molar-refractivity contribution in [3.63, 3.8) is 0 Å². The molecule has 0 aromatic heterocycles. The number of rotatable bonds is 0. The third kappa shape index (κ3) is 4.60. The van der Waals surface area contributed by atoms with Crippen LogP contribution in [-0.2, 0) is 37.0 Å². The second kappa shape index (κ2) is 8.28. The molecule has 0 heterocycles. The molecule has 134 valence electrons. The van der Waals surface area contributed by atoms with E-state index in [2.05, 4.69) is 84.9 Å². The Hall–Kier alpha value is -0.0969. The van der Waals surface area contributed by atoms with E-state index in [1.807, 2.05) is 0 Å². The molecule has 25 heavy (non-hydrogen) atoms. The summed E-state index contributed by atoms with van der Waals surface area (Å²) in [6.45, 7) is 16.1. The van der Waals surface area contributed by atoms with E-state index >= 15 is 0 Å². The molecule has 1 aliphatic rings. The summed E-state index contributed by atoms with van der Waals surface area (Å²) in [5, 5.41) is 0. The predicted octanol–water partition coefficient (Wildman–Crippen LogP) is 0.419. The Labute approximate surface area is 185 Å². The summed E-state index contributed by atoms with van der Waals surface area (Å²) < 4.78 is 0. The van der Waals surface area contributed by atoms with Gasteiger partial charge in [0.1, 0.15) is 0 Å². The summed E-state index contributed by atoms with van der Waals surface area (Å²) in [6.07, 6.45) is 0. The van der Waals surface area contributed by atoms with Gasteiger partial charge in [0.15, 0.2) is 0 Å². The fraction of sp³-hybridized carbons (Fsp3) is 0.455. The fourth-order valence-corrected chi connectivity index (χ4v) is 3.43. The van der Waals surface area contributed by atoms with Crippen molar-refractivity contribution < 1.29 is 51.0 Å². The van der Waals surface area contributed by atoms with E-state index < -0.39 is 0 Å². The molecule has 0 fully saturated rings. The van der Waals surface area contributed by atoms with Crippen molar-refractivity contribution in [2.24, 2.45) is 0 Å². The predicted molar refractivity (Wildman–Crippen MR) is 96.8 cm³/mol. The zero-order valence-electron chi connectivity index (χ0n) is 16.3. The van der Waals surface area contributed by atoms with Gasteiger partial charge in [0.05, 0.1) is 0 Å². The minimum Gasteiger partial charge on any atom is -1.00 e. The first-order valence-electron chi connectivity index (χ1n) is 8.38. The summed E-state index contributed by atoms with van der Waals surface area (Å²) in [5.74, 6) is 0.495. The molecule has 0 amide bonds. The van der Waals surface area contributed by atoms with Crippen LogP contribution < -0.4 is 24.8 Å². The molecule has 0 N–H and O–H groups in total. The SMILES string of the molecule is CC1c2cc(C(C)(C)C)ccc2-c2ccc(C(C)(C)C)cc21.[Cl-].[Cl-].[Zr+2]. The minimum absolute atomic E-state index is 0. The Balaban J connectivity index is 0.00000192. The maximum absolute atomic E-state index is 2.43. The van der Waals surface area contributed by atoms with E-state index in [4.69, 9.17) is 0 Å².